The van der Waals surface area contributed by atoms with Gasteiger partial charge in [0.2, 0.25) is 0 Å². The highest BCUT2D eigenvalue weighted by molar-refractivity contribution is 6.48. The first-order valence-electron chi connectivity index (χ1n) is 10.1. The van der Waals surface area contributed by atoms with Crippen LogP contribution in [0.4, 0.5) is 4.79 Å². The Morgan fingerprint density at radius 3 is 1.90 bits per heavy atom. The minimum absolute atomic E-state index is 0.00728. The van der Waals surface area contributed by atoms with E-state index in [1.165, 1.54) is 4.90 Å². The fourth-order valence-corrected chi connectivity index (χ4v) is 5.08. The summed E-state index contributed by atoms with van der Waals surface area (Å²) in [7, 11) is -1.79. The summed E-state index contributed by atoms with van der Waals surface area (Å²) < 4.78 is 12.0. The van der Waals surface area contributed by atoms with Gasteiger partial charge in [-0.3, -0.25) is 14.5 Å². The van der Waals surface area contributed by atoms with Crippen molar-refractivity contribution in [2.75, 3.05) is 6.54 Å². The van der Waals surface area contributed by atoms with E-state index in [4.69, 9.17) is 9.16 Å². The quantitative estimate of drug-likeness (QED) is 0.593. The van der Waals surface area contributed by atoms with Gasteiger partial charge in [0.25, 0.3) is 0 Å². The first-order chi connectivity index (χ1) is 13.0. The van der Waals surface area contributed by atoms with Crippen LogP contribution < -0.4 is 0 Å². The van der Waals surface area contributed by atoms with Gasteiger partial charge in [0.15, 0.2) is 9.04 Å². The van der Waals surface area contributed by atoms with Gasteiger partial charge in [-0.1, -0.05) is 20.8 Å². The van der Waals surface area contributed by atoms with E-state index in [0.29, 0.717) is 13.0 Å². The molecular weight excluding hydrogens is 394 g/mol. The standard InChI is InChI=1S/C20H37NO7Si/c1-18(2,3)14-11-20(28-29(7)8,13(9-15(22)23)10-16(24)25)21(12-14)17(26)27-19(4,5)6/h13-14,29H,9-12H2,1-8H3,(H,22,23)(H,24,25)/t14-,20-/m0/s1. The van der Waals surface area contributed by atoms with Crippen LogP contribution in [0.5, 0.6) is 0 Å². The molecule has 0 unspecified atom stereocenters. The fraction of sp³-hybridized carbons (Fsp3) is 0.850. The van der Waals surface area contributed by atoms with E-state index >= 15 is 0 Å². The molecule has 2 atom stereocenters. The van der Waals surface area contributed by atoms with Crippen molar-refractivity contribution in [3.8, 4) is 0 Å². The lowest BCUT2D eigenvalue weighted by Gasteiger charge is -2.45. The van der Waals surface area contributed by atoms with Crippen LogP contribution in [0.2, 0.25) is 13.1 Å². The predicted octanol–water partition coefficient (Wildman–Crippen LogP) is 3.55. The maximum atomic E-state index is 13.2. The molecule has 0 aromatic heterocycles. The Hall–Kier alpha value is -1.61. The molecule has 9 heteroatoms. The van der Waals surface area contributed by atoms with Crippen molar-refractivity contribution in [3.05, 3.63) is 0 Å². The lowest BCUT2D eigenvalue weighted by molar-refractivity contribution is -0.154. The highest BCUT2D eigenvalue weighted by atomic mass is 28.3. The summed E-state index contributed by atoms with van der Waals surface area (Å²) in [6, 6.07) is 0. The lowest BCUT2D eigenvalue weighted by Crippen LogP contribution is -2.57. The van der Waals surface area contributed by atoms with Crippen molar-refractivity contribution in [1.29, 1.82) is 0 Å². The number of carbonyl (C=O) groups excluding carboxylic acids is 1. The van der Waals surface area contributed by atoms with Gasteiger partial charge in [0.05, 0.1) is 12.8 Å². The molecular formula is C20H37NO7Si. The Kier molecular flexibility index (Phi) is 7.92. The molecule has 168 valence electrons. The largest absolute Gasteiger partial charge is 0.481 e. The molecule has 1 heterocycles. The zero-order chi connectivity index (χ0) is 22.8. The van der Waals surface area contributed by atoms with Crippen LogP contribution in [0.25, 0.3) is 0 Å². The number of likely N-dealkylation sites (tertiary alicyclic amines) is 1. The van der Waals surface area contributed by atoms with Crippen molar-refractivity contribution in [3.63, 3.8) is 0 Å². The lowest BCUT2D eigenvalue weighted by atomic mass is 9.76. The molecule has 0 aromatic carbocycles. The molecule has 1 aliphatic heterocycles. The number of rotatable bonds is 7. The number of carbonyl (C=O) groups is 3. The average molecular weight is 432 g/mol. The Labute approximate surface area is 175 Å². The predicted molar refractivity (Wildman–Crippen MR) is 111 cm³/mol. The van der Waals surface area contributed by atoms with Crippen LogP contribution in [0.15, 0.2) is 0 Å². The number of carboxylic acids is 2. The SMILES string of the molecule is C[SiH](C)O[C@]1(C(CC(=O)O)CC(=O)O)C[C@H](C(C)(C)C)CN1C(=O)OC(C)(C)C. The minimum Gasteiger partial charge on any atom is -0.481 e. The summed E-state index contributed by atoms with van der Waals surface area (Å²) in [4.78, 5) is 37.8. The van der Waals surface area contributed by atoms with Gasteiger partial charge in [-0.05, 0) is 51.6 Å². The molecule has 8 nitrogen and oxygen atoms in total. The summed E-state index contributed by atoms with van der Waals surface area (Å²) in [6.07, 6.45) is -1.01. The van der Waals surface area contributed by atoms with E-state index < -0.39 is 57.2 Å². The second-order valence-electron chi connectivity index (χ2n) is 10.3. The molecule has 1 rings (SSSR count). The van der Waals surface area contributed by atoms with Crippen LogP contribution in [0.1, 0.15) is 60.8 Å². The number of carboxylic acid groups (broad SMARTS) is 2. The molecule has 29 heavy (non-hydrogen) atoms. The summed E-state index contributed by atoms with van der Waals surface area (Å²) in [5, 5.41) is 18.9. The van der Waals surface area contributed by atoms with Gasteiger partial charge in [0.1, 0.15) is 11.3 Å². The van der Waals surface area contributed by atoms with Gasteiger partial charge in [-0.15, -0.1) is 0 Å². The second kappa shape index (κ2) is 9.03. The Bertz CT molecular complexity index is 607. The molecule has 1 aliphatic rings. The third-order valence-electron chi connectivity index (χ3n) is 5.16. The maximum absolute atomic E-state index is 13.2. The third kappa shape index (κ3) is 6.99. The van der Waals surface area contributed by atoms with Crippen molar-refractivity contribution < 1.29 is 33.8 Å². The topological polar surface area (TPSA) is 113 Å². The first-order valence-corrected chi connectivity index (χ1v) is 12.9. The molecule has 0 spiro atoms. The zero-order valence-corrected chi connectivity index (χ0v) is 20.1. The van der Waals surface area contributed by atoms with Gasteiger partial charge in [0, 0.05) is 12.5 Å². The van der Waals surface area contributed by atoms with E-state index in [1.54, 1.807) is 20.8 Å². The number of ether oxygens (including phenoxy) is 1. The van der Waals surface area contributed by atoms with Gasteiger partial charge >= 0.3 is 18.0 Å². The van der Waals surface area contributed by atoms with Crippen LogP contribution in [-0.4, -0.2) is 60.1 Å². The molecule has 1 saturated heterocycles. The minimum atomic E-state index is -1.79. The average Bonchev–Trinajstić information content (AvgIpc) is 2.83. The van der Waals surface area contributed by atoms with Gasteiger partial charge in [-0.2, -0.15) is 0 Å². The number of nitrogens with zero attached hydrogens (tertiary/aromatic N) is 1. The Balaban J connectivity index is 3.55. The molecule has 1 amide bonds. The Morgan fingerprint density at radius 1 is 1.07 bits per heavy atom. The molecule has 2 N–H and O–H groups in total. The zero-order valence-electron chi connectivity index (χ0n) is 18.9. The normalized spacial score (nSPS) is 23.0. The highest BCUT2D eigenvalue weighted by Crippen LogP contribution is 2.49. The Morgan fingerprint density at radius 2 is 1.55 bits per heavy atom. The monoisotopic (exact) mass is 431 g/mol. The van der Waals surface area contributed by atoms with E-state index in [2.05, 4.69) is 20.8 Å². The molecule has 0 bridgehead atoms. The van der Waals surface area contributed by atoms with Crippen LogP contribution in [-0.2, 0) is 18.8 Å². The molecule has 1 fully saturated rings. The second-order valence-corrected chi connectivity index (χ2v) is 12.6. The van der Waals surface area contributed by atoms with Crippen molar-refractivity contribution >= 4 is 27.1 Å². The first kappa shape index (κ1) is 25.4. The molecule has 0 aliphatic carbocycles. The smallest absolute Gasteiger partial charge is 0.412 e. The summed E-state index contributed by atoms with van der Waals surface area (Å²) in [5.41, 5.74) is -2.23. The number of hydrogen-bond donors (Lipinski definition) is 2. The fourth-order valence-electron chi connectivity index (χ4n) is 3.84. The van der Waals surface area contributed by atoms with Crippen molar-refractivity contribution in [2.24, 2.45) is 17.3 Å². The number of amides is 1. The van der Waals surface area contributed by atoms with Crippen molar-refractivity contribution in [1.82, 2.24) is 4.90 Å². The summed E-state index contributed by atoms with van der Waals surface area (Å²) in [5.74, 6) is -3.11. The maximum Gasteiger partial charge on any atom is 0.412 e. The number of aliphatic carboxylic acids is 2. The van der Waals surface area contributed by atoms with Crippen molar-refractivity contribution in [2.45, 2.75) is 85.2 Å². The van der Waals surface area contributed by atoms with Crippen LogP contribution in [0, 0.1) is 17.3 Å². The summed E-state index contributed by atoms with van der Waals surface area (Å²) >= 11 is 0. The molecule has 0 saturated carbocycles. The molecule has 0 radical (unpaired) electrons. The molecule has 0 aromatic rings. The van der Waals surface area contributed by atoms with E-state index in [1.807, 2.05) is 13.1 Å². The van der Waals surface area contributed by atoms with E-state index in [0.717, 1.165) is 0 Å². The summed E-state index contributed by atoms with van der Waals surface area (Å²) in [6.45, 7) is 15.6. The van der Waals surface area contributed by atoms with Gasteiger partial charge in [-0.25, -0.2) is 4.79 Å². The van der Waals surface area contributed by atoms with Gasteiger partial charge < -0.3 is 19.4 Å². The van der Waals surface area contributed by atoms with E-state index in [9.17, 15) is 24.6 Å². The number of hydrogen-bond acceptors (Lipinski definition) is 5. The highest BCUT2D eigenvalue weighted by Gasteiger charge is 2.57. The third-order valence-corrected chi connectivity index (χ3v) is 6.04. The van der Waals surface area contributed by atoms with Crippen LogP contribution >= 0.6 is 0 Å². The van der Waals surface area contributed by atoms with Crippen LogP contribution in [0.3, 0.4) is 0 Å². The van der Waals surface area contributed by atoms with E-state index in [-0.39, 0.29) is 11.3 Å².